The Kier molecular flexibility index (Phi) is 3.04. The molecular formula is C15H22N2O. The predicted octanol–water partition coefficient (Wildman–Crippen LogP) is 2.31. The number of nitrogens with zero attached hydrogens (tertiary/aromatic N) is 1. The fourth-order valence-corrected chi connectivity index (χ4v) is 3.02. The van der Waals surface area contributed by atoms with E-state index in [2.05, 4.69) is 48.3 Å². The smallest absolute Gasteiger partial charge is 0.0645 e. The van der Waals surface area contributed by atoms with E-state index in [1.165, 1.54) is 11.3 Å². The molecule has 18 heavy (non-hydrogen) atoms. The van der Waals surface area contributed by atoms with Crippen LogP contribution in [0.4, 0.5) is 5.69 Å². The summed E-state index contributed by atoms with van der Waals surface area (Å²) < 4.78 is 5.59. The average Bonchev–Trinajstić information content (AvgIpc) is 2.75. The number of para-hydroxylation sites is 1. The van der Waals surface area contributed by atoms with Gasteiger partial charge in [0.25, 0.3) is 0 Å². The average molecular weight is 246 g/mol. The molecule has 1 N–H and O–H groups in total. The molecule has 0 bridgehead atoms. The molecule has 1 atom stereocenters. The number of ether oxygens (including phenoxy) is 1. The first-order valence-electron chi connectivity index (χ1n) is 6.82. The van der Waals surface area contributed by atoms with E-state index in [-0.39, 0.29) is 5.54 Å². The van der Waals surface area contributed by atoms with E-state index in [1.807, 2.05) is 0 Å². The van der Waals surface area contributed by atoms with Crippen LogP contribution >= 0.6 is 0 Å². The van der Waals surface area contributed by atoms with E-state index in [4.69, 9.17) is 4.74 Å². The lowest BCUT2D eigenvalue weighted by Crippen LogP contribution is -2.54. The second-order valence-electron chi connectivity index (χ2n) is 5.98. The Hall–Kier alpha value is -1.06. The lowest BCUT2D eigenvalue weighted by atomic mass is 9.96. The number of anilines is 1. The Morgan fingerprint density at radius 2 is 2.22 bits per heavy atom. The number of fused-ring (bicyclic) bond motifs is 1. The molecule has 98 valence electrons. The Balaban J connectivity index is 1.74. The number of hydrogen-bond acceptors (Lipinski definition) is 3. The lowest BCUT2D eigenvalue weighted by Gasteiger charge is -2.43. The SMILES string of the molecule is CC1(C)COCCN1CC1CNc2ccccc21. The summed E-state index contributed by atoms with van der Waals surface area (Å²) in [4.78, 5) is 2.57. The topological polar surface area (TPSA) is 24.5 Å². The quantitative estimate of drug-likeness (QED) is 0.866. The first-order chi connectivity index (χ1) is 8.67. The highest BCUT2D eigenvalue weighted by Gasteiger charge is 2.33. The second kappa shape index (κ2) is 4.56. The van der Waals surface area contributed by atoms with Gasteiger partial charge in [0.05, 0.1) is 13.2 Å². The van der Waals surface area contributed by atoms with Crippen LogP contribution < -0.4 is 5.32 Å². The van der Waals surface area contributed by atoms with Gasteiger partial charge in [-0.1, -0.05) is 18.2 Å². The van der Waals surface area contributed by atoms with E-state index in [1.54, 1.807) is 0 Å². The fourth-order valence-electron chi connectivity index (χ4n) is 3.02. The van der Waals surface area contributed by atoms with E-state index >= 15 is 0 Å². The van der Waals surface area contributed by atoms with Crippen LogP contribution in [0.2, 0.25) is 0 Å². The van der Waals surface area contributed by atoms with E-state index in [0.29, 0.717) is 5.92 Å². The van der Waals surface area contributed by atoms with Crippen molar-refractivity contribution in [1.29, 1.82) is 0 Å². The molecule has 0 spiro atoms. The molecule has 1 saturated heterocycles. The maximum Gasteiger partial charge on any atom is 0.0645 e. The zero-order valence-corrected chi connectivity index (χ0v) is 11.3. The summed E-state index contributed by atoms with van der Waals surface area (Å²) in [7, 11) is 0. The normalized spacial score (nSPS) is 26.7. The van der Waals surface area contributed by atoms with Crippen molar-refractivity contribution in [2.45, 2.75) is 25.3 Å². The summed E-state index contributed by atoms with van der Waals surface area (Å²) in [5, 5.41) is 3.51. The first-order valence-corrected chi connectivity index (χ1v) is 6.82. The van der Waals surface area contributed by atoms with Gasteiger partial charge in [0, 0.05) is 36.8 Å². The summed E-state index contributed by atoms with van der Waals surface area (Å²) in [5.41, 5.74) is 2.95. The molecule has 0 aromatic heterocycles. The fraction of sp³-hybridized carbons (Fsp3) is 0.600. The molecule has 1 fully saturated rings. The molecule has 0 radical (unpaired) electrons. The molecule has 0 amide bonds. The Labute approximate surface area is 109 Å². The predicted molar refractivity (Wildman–Crippen MR) is 74.1 cm³/mol. The molecular weight excluding hydrogens is 224 g/mol. The van der Waals surface area contributed by atoms with Crippen LogP contribution in [-0.2, 0) is 4.74 Å². The first kappa shape index (κ1) is 12.0. The molecule has 1 unspecified atom stereocenters. The highest BCUT2D eigenvalue weighted by molar-refractivity contribution is 5.57. The minimum Gasteiger partial charge on any atom is -0.384 e. The largest absolute Gasteiger partial charge is 0.384 e. The third-order valence-corrected chi connectivity index (χ3v) is 4.20. The van der Waals surface area contributed by atoms with Crippen LogP contribution in [0, 0.1) is 0 Å². The molecule has 2 heterocycles. The number of benzene rings is 1. The minimum absolute atomic E-state index is 0.162. The minimum atomic E-state index is 0.162. The maximum atomic E-state index is 5.59. The van der Waals surface area contributed by atoms with Crippen molar-refractivity contribution in [1.82, 2.24) is 4.90 Å². The van der Waals surface area contributed by atoms with Crippen molar-refractivity contribution in [3.8, 4) is 0 Å². The van der Waals surface area contributed by atoms with Crippen LogP contribution in [-0.4, -0.2) is 43.3 Å². The van der Waals surface area contributed by atoms with Gasteiger partial charge in [-0.3, -0.25) is 4.90 Å². The molecule has 3 heteroatoms. The van der Waals surface area contributed by atoms with Gasteiger partial charge in [-0.2, -0.15) is 0 Å². The third kappa shape index (κ3) is 2.13. The molecule has 3 nitrogen and oxygen atoms in total. The van der Waals surface area contributed by atoms with Gasteiger partial charge in [0.1, 0.15) is 0 Å². The number of rotatable bonds is 2. The second-order valence-corrected chi connectivity index (χ2v) is 5.98. The Bertz CT molecular complexity index is 430. The Morgan fingerprint density at radius 3 is 3.06 bits per heavy atom. The van der Waals surface area contributed by atoms with Crippen LogP contribution in [0.1, 0.15) is 25.3 Å². The molecule has 0 saturated carbocycles. The zero-order valence-electron chi connectivity index (χ0n) is 11.3. The molecule has 3 rings (SSSR count). The summed E-state index contributed by atoms with van der Waals surface area (Å²) in [6.07, 6.45) is 0. The molecule has 1 aromatic rings. The maximum absolute atomic E-state index is 5.59. The molecule has 1 aromatic carbocycles. The zero-order chi connectivity index (χ0) is 12.6. The highest BCUT2D eigenvalue weighted by atomic mass is 16.5. The van der Waals surface area contributed by atoms with Gasteiger partial charge in [-0.05, 0) is 25.5 Å². The number of nitrogens with one attached hydrogen (secondary N) is 1. The van der Waals surface area contributed by atoms with Gasteiger partial charge in [0.2, 0.25) is 0 Å². The van der Waals surface area contributed by atoms with Crippen molar-refractivity contribution in [3.63, 3.8) is 0 Å². The van der Waals surface area contributed by atoms with E-state index in [9.17, 15) is 0 Å². The van der Waals surface area contributed by atoms with Crippen LogP contribution in [0.5, 0.6) is 0 Å². The van der Waals surface area contributed by atoms with Crippen molar-refractivity contribution >= 4 is 5.69 Å². The van der Waals surface area contributed by atoms with Gasteiger partial charge < -0.3 is 10.1 Å². The molecule has 0 aliphatic carbocycles. The molecule has 2 aliphatic heterocycles. The van der Waals surface area contributed by atoms with Crippen LogP contribution in [0.3, 0.4) is 0 Å². The van der Waals surface area contributed by atoms with Crippen molar-refractivity contribution in [3.05, 3.63) is 29.8 Å². The third-order valence-electron chi connectivity index (χ3n) is 4.20. The highest BCUT2D eigenvalue weighted by Crippen LogP contribution is 2.33. The summed E-state index contributed by atoms with van der Waals surface area (Å²) >= 11 is 0. The van der Waals surface area contributed by atoms with Crippen LogP contribution in [0.25, 0.3) is 0 Å². The summed E-state index contributed by atoms with van der Waals surface area (Å²) in [6, 6.07) is 8.68. The Morgan fingerprint density at radius 1 is 1.39 bits per heavy atom. The van der Waals surface area contributed by atoms with Crippen molar-refractivity contribution in [2.75, 3.05) is 38.2 Å². The number of morpholine rings is 1. The lowest BCUT2D eigenvalue weighted by molar-refractivity contribution is -0.0526. The van der Waals surface area contributed by atoms with Crippen molar-refractivity contribution in [2.24, 2.45) is 0 Å². The van der Waals surface area contributed by atoms with Crippen LogP contribution in [0.15, 0.2) is 24.3 Å². The molecule has 2 aliphatic rings. The van der Waals surface area contributed by atoms with Crippen molar-refractivity contribution < 1.29 is 4.74 Å². The summed E-state index contributed by atoms with van der Waals surface area (Å²) in [5.74, 6) is 0.610. The van der Waals surface area contributed by atoms with E-state index in [0.717, 1.165) is 32.8 Å². The van der Waals surface area contributed by atoms with Gasteiger partial charge >= 0.3 is 0 Å². The standard InChI is InChI=1S/C15H22N2O/c1-15(2)11-18-8-7-17(15)10-12-9-16-14-6-4-3-5-13(12)14/h3-6,12,16H,7-11H2,1-2H3. The monoisotopic (exact) mass is 246 g/mol. The van der Waals surface area contributed by atoms with Gasteiger partial charge in [-0.15, -0.1) is 0 Å². The van der Waals surface area contributed by atoms with Gasteiger partial charge in [-0.25, -0.2) is 0 Å². The number of hydrogen-bond donors (Lipinski definition) is 1. The summed E-state index contributed by atoms with van der Waals surface area (Å²) in [6.45, 7) is 9.50. The van der Waals surface area contributed by atoms with E-state index < -0.39 is 0 Å². The van der Waals surface area contributed by atoms with Gasteiger partial charge in [0.15, 0.2) is 0 Å².